The van der Waals surface area contributed by atoms with Crippen molar-refractivity contribution in [1.82, 2.24) is 15.2 Å². The quantitative estimate of drug-likeness (QED) is 0.877. The summed E-state index contributed by atoms with van der Waals surface area (Å²) in [7, 11) is 0. The molecule has 118 valence electrons. The maximum atomic E-state index is 12.1. The first-order chi connectivity index (χ1) is 10.7. The van der Waals surface area contributed by atoms with Gasteiger partial charge in [0.2, 0.25) is 0 Å². The maximum absolute atomic E-state index is 12.1. The molecule has 0 aromatic carbocycles. The van der Waals surface area contributed by atoms with Crippen LogP contribution in [0.4, 0.5) is 0 Å². The number of carbonyl (C=O) groups excluding carboxylic acids is 1. The summed E-state index contributed by atoms with van der Waals surface area (Å²) >= 11 is 0. The minimum absolute atomic E-state index is 0.126. The number of H-pyrrole nitrogens is 1. The van der Waals surface area contributed by atoms with Crippen molar-refractivity contribution in [3.8, 4) is 6.07 Å². The molecule has 1 atom stereocenters. The fourth-order valence-electron chi connectivity index (χ4n) is 3.19. The zero-order chi connectivity index (χ0) is 15.4. The number of rotatable bonds is 4. The summed E-state index contributed by atoms with van der Waals surface area (Å²) in [6.07, 6.45) is 6.23. The van der Waals surface area contributed by atoms with Gasteiger partial charge in [-0.2, -0.15) is 5.26 Å². The molecule has 6 heteroatoms. The molecule has 2 saturated heterocycles. The van der Waals surface area contributed by atoms with E-state index in [1.54, 1.807) is 12.3 Å². The first kappa shape index (κ1) is 15.1. The van der Waals surface area contributed by atoms with Crippen molar-refractivity contribution in [2.24, 2.45) is 0 Å². The third-order valence-corrected chi connectivity index (χ3v) is 4.47. The van der Waals surface area contributed by atoms with E-state index in [4.69, 9.17) is 10.00 Å². The third-order valence-electron chi connectivity index (χ3n) is 4.47. The van der Waals surface area contributed by atoms with Crippen molar-refractivity contribution < 1.29 is 9.53 Å². The van der Waals surface area contributed by atoms with Gasteiger partial charge in [-0.25, -0.2) is 0 Å². The van der Waals surface area contributed by atoms with Gasteiger partial charge < -0.3 is 19.9 Å². The van der Waals surface area contributed by atoms with Crippen molar-refractivity contribution in [2.75, 3.05) is 26.2 Å². The Morgan fingerprint density at radius 2 is 2.27 bits per heavy atom. The monoisotopic (exact) mass is 302 g/mol. The number of piperidine rings is 1. The fourth-order valence-corrected chi connectivity index (χ4v) is 3.19. The molecule has 1 aromatic heterocycles. The van der Waals surface area contributed by atoms with E-state index in [2.05, 4.69) is 15.2 Å². The molecule has 2 N–H and O–H groups in total. The van der Waals surface area contributed by atoms with Gasteiger partial charge in [-0.1, -0.05) is 0 Å². The Bertz CT molecular complexity index is 549. The largest absolute Gasteiger partial charge is 0.377 e. The zero-order valence-corrected chi connectivity index (χ0v) is 12.7. The molecule has 0 aliphatic carbocycles. The highest BCUT2D eigenvalue weighted by Gasteiger charge is 2.25. The molecule has 0 bridgehead atoms. The zero-order valence-electron chi connectivity index (χ0n) is 12.7. The molecule has 0 saturated carbocycles. The number of hydrogen-bond donors (Lipinski definition) is 2. The molecule has 2 aliphatic heterocycles. The van der Waals surface area contributed by atoms with E-state index < -0.39 is 0 Å². The smallest absolute Gasteiger partial charge is 0.267 e. The van der Waals surface area contributed by atoms with E-state index in [0.717, 1.165) is 39.1 Å². The number of hydrogen-bond acceptors (Lipinski definition) is 4. The SMILES string of the molecule is N#Cc1c[nH]c(C(=O)NC2CCN(CC3CCCO3)CC2)c1. The van der Waals surface area contributed by atoms with Gasteiger partial charge in [0.05, 0.1) is 11.7 Å². The van der Waals surface area contributed by atoms with Gasteiger partial charge in [0.25, 0.3) is 5.91 Å². The number of carbonyl (C=O) groups is 1. The van der Waals surface area contributed by atoms with Crippen LogP contribution in [0.3, 0.4) is 0 Å². The first-order valence-electron chi connectivity index (χ1n) is 7.98. The van der Waals surface area contributed by atoms with E-state index in [1.165, 1.54) is 12.8 Å². The second-order valence-electron chi connectivity index (χ2n) is 6.10. The molecule has 3 rings (SSSR count). The summed E-state index contributed by atoms with van der Waals surface area (Å²) in [5.41, 5.74) is 0.940. The molecule has 1 aromatic rings. The van der Waals surface area contributed by atoms with Crippen LogP contribution < -0.4 is 5.32 Å². The number of nitriles is 1. The van der Waals surface area contributed by atoms with Crippen LogP contribution >= 0.6 is 0 Å². The summed E-state index contributed by atoms with van der Waals surface area (Å²) in [5.74, 6) is -0.126. The van der Waals surface area contributed by atoms with Gasteiger partial charge in [-0.05, 0) is 31.7 Å². The van der Waals surface area contributed by atoms with E-state index in [0.29, 0.717) is 17.4 Å². The molecule has 1 unspecified atom stereocenters. The summed E-state index contributed by atoms with van der Waals surface area (Å²) in [4.78, 5) is 17.4. The average molecular weight is 302 g/mol. The van der Waals surface area contributed by atoms with E-state index >= 15 is 0 Å². The van der Waals surface area contributed by atoms with Crippen LogP contribution in [0.25, 0.3) is 0 Å². The fraction of sp³-hybridized carbons (Fsp3) is 0.625. The van der Waals surface area contributed by atoms with Crippen molar-refractivity contribution in [3.05, 3.63) is 23.5 Å². The van der Waals surface area contributed by atoms with Crippen molar-refractivity contribution >= 4 is 5.91 Å². The van der Waals surface area contributed by atoms with Gasteiger partial charge in [0, 0.05) is 38.5 Å². The van der Waals surface area contributed by atoms with Crippen LogP contribution in [0.5, 0.6) is 0 Å². The van der Waals surface area contributed by atoms with Gasteiger partial charge in [-0.3, -0.25) is 4.79 Å². The third kappa shape index (κ3) is 3.67. The minimum atomic E-state index is -0.126. The number of likely N-dealkylation sites (tertiary alicyclic amines) is 1. The van der Waals surface area contributed by atoms with Crippen molar-refractivity contribution in [2.45, 2.75) is 37.8 Å². The molecular weight excluding hydrogens is 280 g/mol. The predicted octanol–water partition coefficient (Wildman–Crippen LogP) is 1.26. The molecule has 2 aliphatic rings. The number of amides is 1. The minimum Gasteiger partial charge on any atom is -0.377 e. The summed E-state index contributed by atoms with van der Waals surface area (Å²) in [6.45, 7) is 3.92. The Balaban J connectivity index is 1.43. The lowest BCUT2D eigenvalue weighted by atomic mass is 10.0. The number of nitrogens with one attached hydrogen (secondary N) is 2. The van der Waals surface area contributed by atoms with Crippen LogP contribution in [0.15, 0.2) is 12.3 Å². The highest BCUT2D eigenvalue weighted by atomic mass is 16.5. The Morgan fingerprint density at radius 3 is 2.91 bits per heavy atom. The molecule has 1 amide bonds. The summed E-state index contributed by atoms with van der Waals surface area (Å²) in [5, 5.41) is 11.8. The highest BCUT2D eigenvalue weighted by molar-refractivity contribution is 5.93. The Kier molecular flexibility index (Phi) is 4.76. The maximum Gasteiger partial charge on any atom is 0.267 e. The van der Waals surface area contributed by atoms with E-state index in [9.17, 15) is 4.79 Å². The van der Waals surface area contributed by atoms with Gasteiger partial charge in [0.1, 0.15) is 11.8 Å². The predicted molar refractivity (Wildman–Crippen MR) is 81.4 cm³/mol. The highest BCUT2D eigenvalue weighted by Crippen LogP contribution is 2.17. The second kappa shape index (κ2) is 6.95. The molecule has 0 spiro atoms. The lowest BCUT2D eigenvalue weighted by molar-refractivity contribution is 0.0612. The van der Waals surface area contributed by atoms with E-state index in [-0.39, 0.29) is 11.9 Å². The van der Waals surface area contributed by atoms with Crippen molar-refractivity contribution in [3.63, 3.8) is 0 Å². The van der Waals surface area contributed by atoms with Gasteiger partial charge in [0.15, 0.2) is 0 Å². The average Bonchev–Trinajstić information content (AvgIpc) is 3.20. The van der Waals surface area contributed by atoms with Crippen LogP contribution in [0.1, 0.15) is 41.7 Å². The first-order valence-corrected chi connectivity index (χ1v) is 7.98. The summed E-state index contributed by atoms with van der Waals surface area (Å²) in [6, 6.07) is 3.81. The number of ether oxygens (including phenoxy) is 1. The van der Waals surface area contributed by atoms with Crippen LogP contribution in [0, 0.1) is 11.3 Å². The Labute approximate surface area is 130 Å². The molecule has 6 nitrogen and oxygen atoms in total. The standard InChI is InChI=1S/C16H22N4O2/c17-9-12-8-15(18-10-12)16(21)19-13-3-5-20(6-4-13)11-14-2-1-7-22-14/h8,10,13-14,18H,1-7,11H2,(H,19,21). The normalized spacial score (nSPS) is 23.3. The summed E-state index contributed by atoms with van der Waals surface area (Å²) < 4.78 is 5.68. The topological polar surface area (TPSA) is 81.1 Å². The lowest BCUT2D eigenvalue weighted by Crippen LogP contribution is -2.46. The Morgan fingerprint density at radius 1 is 1.45 bits per heavy atom. The second-order valence-corrected chi connectivity index (χ2v) is 6.10. The van der Waals surface area contributed by atoms with Crippen molar-refractivity contribution in [1.29, 1.82) is 5.26 Å². The number of aromatic amines is 1. The van der Waals surface area contributed by atoms with Gasteiger partial charge >= 0.3 is 0 Å². The molecule has 0 radical (unpaired) electrons. The molecule has 2 fully saturated rings. The molecule has 3 heterocycles. The van der Waals surface area contributed by atoms with Crippen LogP contribution in [0.2, 0.25) is 0 Å². The molecular formula is C16H22N4O2. The number of nitrogens with zero attached hydrogens (tertiary/aromatic N) is 2. The Hall–Kier alpha value is -1.84. The van der Waals surface area contributed by atoms with E-state index in [1.807, 2.05) is 6.07 Å². The molecule has 22 heavy (non-hydrogen) atoms. The number of aromatic nitrogens is 1. The lowest BCUT2D eigenvalue weighted by Gasteiger charge is -2.33. The van der Waals surface area contributed by atoms with Crippen LogP contribution in [-0.2, 0) is 4.74 Å². The van der Waals surface area contributed by atoms with Crippen LogP contribution in [-0.4, -0.2) is 54.2 Å². The van der Waals surface area contributed by atoms with Gasteiger partial charge in [-0.15, -0.1) is 0 Å².